The van der Waals surface area contributed by atoms with Crippen molar-refractivity contribution in [2.24, 2.45) is 5.41 Å². The van der Waals surface area contributed by atoms with Gasteiger partial charge in [0.05, 0.1) is 0 Å². The fourth-order valence-corrected chi connectivity index (χ4v) is 1.80. The van der Waals surface area contributed by atoms with E-state index >= 15 is 0 Å². The van der Waals surface area contributed by atoms with Crippen LogP contribution in [0.5, 0.6) is 0 Å². The molecule has 1 aliphatic rings. The highest BCUT2D eigenvalue weighted by Crippen LogP contribution is 2.35. The first-order valence-electron chi connectivity index (χ1n) is 4.42. The van der Waals surface area contributed by atoms with E-state index in [4.69, 9.17) is 0 Å². The molecule has 0 spiro atoms. The molecule has 0 aromatic rings. The molecule has 0 saturated carbocycles. The summed E-state index contributed by atoms with van der Waals surface area (Å²) in [5.41, 5.74) is 0.756. The number of hydrogen-bond donors (Lipinski definition) is 0. The van der Waals surface area contributed by atoms with Crippen molar-refractivity contribution in [3.05, 3.63) is 24.3 Å². The van der Waals surface area contributed by atoms with Crippen molar-refractivity contribution in [2.45, 2.75) is 33.1 Å². The SMILES string of the molecule is C=CCC1(C)CCC=C(C)C1=O. The summed E-state index contributed by atoms with van der Waals surface area (Å²) in [6.45, 7) is 7.63. The van der Waals surface area contributed by atoms with Crippen molar-refractivity contribution >= 4 is 5.78 Å². The molecule has 12 heavy (non-hydrogen) atoms. The highest BCUT2D eigenvalue weighted by atomic mass is 16.1. The molecule has 0 fully saturated rings. The van der Waals surface area contributed by atoms with Crippen LogP contribution in [0.4, 0.5) is 0 Å². The number of carbonyl (C=O) groups is 1. The first-order chi connectivity index (χ1) is 5.60. The number of ketones is 1. The van der Waals surface area contributed by atoms with Crippen LogP contribution in [0.3, 0.4) is 0 Å². The van der Waals surface area contributed by atoms with Crippen molar-refractivity contribution in [1.82, 2.24) is 0 Å². The quantitative estimate of drug-likeness (QED) is 0.573. The number of carbonyl (C=O) groups excluding carboxylic acids is 1. The van der Waals surface area contributed by atoms with Crippen LogP contribution in [0.15, 0.2) is 24.3 Å². The summed E-state index contributed by atoms with van der Waals surface area (Å²) in [6, 6.07) is 0. The van der Waals surface area contributed by atoms with E-state index in [0.29, 0.717) is 5.78 Å². The second-order valence-electron chi connectivity index (χ2n) is 3.81. The summed E-state index contributed by atoms with van der Waals surface area (Å²) in [6.07, 6.45) is 6.68. The summed E-state index contributed by atoms with van der Waals surface area (Å²) < 4.78 is 0. The van der Waals surface area contributed by atoms with E-state index in [2.05, 4.69) is 6.58 Å². The van der Waals surface area contributed by atoms with Gasteiger partial charge in [-0.2, -0.15) is 0 Å². The fourth-order valence-electron chi connectivity index (χ4n) is 1.80. The van der Waals surface area contributed by atoms with Crippen LogP contribution in [-0.4, -0.2) is 5.78 Å². The minimum atomic E-state index is -0.166. The zero-order chi connectivity index (χ0) is 9.19. The van der Waals surface area contributed by atoms with Crippen molar-refractivity contribution < 1.29 is 4.79 Å². The van der Waals surface area contributed by atoms with Gasteiger partial charge in [0.15, 0.2) is 5.78 Å². The molecule has 1 nitrogen and oxygen atoms in total. The van der Waals surface area contributed by atoms with Crippen LogP contribution in [0.25, 0.3) is 0 Å². The number of hydrogen-bond acceptors (Lipinski definition) is 1. The molecule has 0 N–H and O–H groups in total. The molecule has 1 aliphatic carbocycles. The summed E-state index contributed by atoms with van der Waals surface area (Å²) in [5, 5.41) is 0. The van der Waals surface area contributed by atoms with Crippen LogP contribution >= 0.6 is 0 Å². The Labute approximate surface area is 74.2 Å². The van der Waals surface area contributed by atoms with E-state index in [0.717, 1.165) is 24.8 Å². The smallest absolute Gasteiger partial charge is 0.164 e. The summed E-state index contributed by atoms with van der Waals surface area (Å²) >= 11 is 0. The molecule has 0 aliphatic heterocycles. The van der Waals surface area contributed by atoms with Crippen LogP contribution in [-0.2, 0) is 4.79 Å². The van der Waals surface area contributed by atoms with Crippen LogP contribution in [0.1, 0.15) is 33.1 Å². The van der Waals surface area contributed by atoms with Gasteiger partial charge in [-0.1, -0.05) is 19.1 Å². The van der Waals surface area contributed by atoms with Crippen LogP contribution in [0, 0.1) is 5.41 Å². The standard InChI is InChI=1S/C11H16O/c1-4-7-11(3)8-5-6-9(2)10(11)12/h4,6H,1,5,7-8H2,2-3H3. The minimum absolute atomic E-state index is 0.166. The van der Waals surface area contributed by atoms with Gasteiger partial charge in [-0.05, 0) is 31.8 Å². The lowest BCUT2D eigenvalue weighted by Gasteiger charge is -2.30. The molecular weight excluding hydrogens is 148 g/mol. The van der Waals surface area contributed by atoms with Gasteiger partial charge in [-0.3, -0.25) is 4.79 Å². The van der Waals surface area contributed by atoms with Crippen LogP contribution < -0.4 is 0 Å². The molecule has 66 valence electrons. The Kier molecular flexibility index (Phi) is 2.51. The van der Waals surface area contributed by atoms with Gasteiger partial charge in [0.2, 0.25) is 0 Å². The normalized spacial score (nSPS) is 29.8. The molecule has 1 heteroatoms. The molecule has 0 radical (unpaired) electrons. The number of allylic oxidation sites excluding steroid dienone is 3. The highest BCUT2D eigenvalue weighted by molar-refractivity contribution is 5.99. The lowest BCUT2D eigenvalue weighted by atomic mass is 9.72. The third-order valence-electron chi connectivity index (χ3n) is 2.65. The molecule has 1 atom stereocenters. The maximum Gasteiger partial charge on any atom is 0.164 e. The molecule has 1 unspecified atom stereocenters. The maximum atomic E-state index is 11.7. The van der Waals surface area contributed by atoms with Crippen molar-refractivity contribution in [1.29, 1.82) is 0 Å². The first kappa shape index (κ1) is 9.24. The lowest BCUT2D eigenvalue weighted by molar-refractivity contribution is -0.124. The fraction of sp³-hybridized carbons (Fsp3) is 0.545. The second-order valence-corrected chi connectivity index (χ2v) is 3.81. The summed E-state index contributed by atoms with van der Waals surface area (Å²) in [5.74, 6) is 0.300. The Morgan fingerprint density at radius 1 is 1.75 bits per heavy atom. The molecular formula is C11H16O. The largest absolute Gasteiger partial charge is 0.294 e. The summed E-state index contributed by atoms with van der Waals surface area (Å²) in [7, 11) is 0. The third-order valence-corrected chi connectivity index (χ3v) is 2.65. The van der Waals surface area contributed by atoms with Gasteiger partial charge in [0.25, 0.3) is 0 Å². The Morgan fingerprint density at radius 3 is 3.00 bits per heavy atom. The molecule has 0 aromatic carbocycles. The van der Waals surface area contributed by atoms with E-state index < -0.39 is 0 Å². The van der Waals surface area contributed by atoms with E-state index in [1.54, 1.807) is 0 Å². The molecule has 0 aromatic heterocycles. The van der Waals surface area contributed by atoms with Gasteiger partial charge in [-0.15, -0.1) is 6.58 Å². The van der Waals surface area contributed by atoms with Crippen molar-refractivity contribution in [3.8, 4) is 0 Å². The first-order valence-corrected chi connectivity index (χ1v) is 4.42. The van der Waals surface area contributed by atoms with Gasteiger partial charge in [-0.25, -0.2) is 0 Å². The molecule has 0 heterocycles. The number of rotatable bonds is 2. The van der Waals surface area contributed by atoms with E-state index in [-0.39, 0.29) is 5.41 Å². The Bertz CT molecular complexity index is 237. The Hall–Kier alpha value is -0.850. The maximum absolute atomic E-state index is 11.7. The van der Waals surface area contributed by atoms with Gasteiger partial charge in [0, 0.05) is 5.41 Å². The molecule has 0 amide bonds. The van der Waals surface area contributed by atoms with Gasteiger partial charge in [0.1, 0.15) is 0 Å². The monoisotopic (exact) mass is 164 g/mol. The average molecular weight is 164 g/mol. The van der Waals surface area contributed by atoms with Gasteiger partial charge >= 0.3 is 0 Å². The second kappa shape index (κ2) is 3.26. The Balaban J connectivity index is 2.86. The zero-order valence-electron chi connectivity index (χ0n) is 7.89. The predicted molar refractivity (Wildman–Crippen MR) is 50.9 cm³/mol. The van der Waals surface area contributed by atoms with Gasteiger partial charge < -0.3 is 0 Å². The lowest BCUT2D eigenvalue weighted by Crippen LogP contribution is -2.30. The third kappa shape index (κ3) is 1.50. The molecule has 1 rings (SSSR count). The Morgan fingerprint density at radius 2 is 2.42 bits per heavy atom. The number of Topliss-reactive ketones (excluding diaryl/α,β-unsaturated/α-hetero) is 1. The van der Waals surface area contributed by atoms with Crippen molar-refractivity contribution in [2.75, 3.05) is 0 Å². The van der Waals surface area contributed by atoms with E-state index in [1.807, 2.05) is 26.0 Å². The molecule has 0 saturated heterocycles. The van der Waals surface area contributed by atoms with E-state index in [1.165, 1.54) is 0 Å². The van der Waals surface area contributed by atoms with Crippen molar-refractivity contribution in [3.63, 3.8) is 0 Å². The minimum Gasteiger partial charge on any atom is -0.294 e. The summed E-state index contributed by atoms with van der Waals surface area (Å²) in [4.78, 5) is 11.7. The predicted octanol–water partition coefficient (Wildman–Crippen LogP) is 2.88. The zero-order valence-corrected chi connectivity index (χ0v) is 7.89. The topological polar surface area (TPSA) is 17.1 Å². The average Bonchev–Trinajstić information content (AvgIpc) is 2.01. The highest BCUT2D eigenvalue weighted by Gasteiger charge is 2.33. The van der Waals surface area contributed by atoms with E-state index in [9.17, 15) is 4.79 Å². The molecule has 0 bridgehead atoms. The van der Waals surface area contributed by atoms with Crippen LogP contribution in [0.2, 0.25) is 0 Å².